The van der Waals surface area contributed by atoms with Gasteiger partial charge in [0.1, 0.15) is 5.70 Å². The summed E-state index contributed by atoms with van der Waals surface area (Å²) in [5.41, 5.74) is 3.10. The highest BCUT2D eigenvalue weighted by Crippen LogP contribution is 2.17. The molecule has 2 amide bonds. The van der Waals surface area contributed by atoms with Crippen LogP contribution < -0.4 is 5.32 Å². The summed E-state index contributed by atoms with van der Waals surface area (Å²) in [6, 6.07) is 9.44. The molecule has 4 nitrogen and oxygen atoms in total. The molecular formula is C20H22N2O2S. The number of aryl methyl sites for hydroxylation is 2. The molecule has 3 rings (SSSR count). The van der Waals surface area contributed by atoms with E-state index in [1.165, 1.54) is 0 Å². The molecule has 0 aliphatic carbocycles. The second kappa shape index (κ2) is 7.66. The molecule has 1 aliphatic heterocycles. The van der Waals surface area contributed by atoms with Crippen LogP contribution >= 0.6 is 11.3 Å². The summed E-state index contributed by atoms with van der Waals surface area (Å²) in [7, 11) is 0. The van der Waals surface area contributed by atoms with Gasteiger partial charge in [-0.05, 0) is 67.5 Å². The van der Waals surface area contributed by atoms with Gasteiger partial charge in [0.05, 0.1) is 0 Å². The van der Waals surface area contributed by atoms with E-state index in [-0.39, 0.29) is 11.8 Å². The first-order chi connectivity index (χ1) is 12.0. The molecule has 0 atom stereocenters. The van der Waals surface area contributed by atoms with Gasteiger partial charge in [0.2, 0.25) is 0 Å². The monoisotopic (exact) mass is 354 g/mol. The van der Waals surface area contributed by atoms with E-state index in [0.29, 0.717) is 11.3 Å². The minimum atomic E-state index is -0.251. The molecule has 0 bridgehead atoms. The predicted octanol–water partition coefficient (Wildman–Crippen LogP) is 3.76. The Morgan fingerprint density at radius 3 is 2.52 bits per heavy atom. The molecule has 1 aromatic heterocycles. The molecule has 5 heteroatoms. The SMILES string of the molecule is Cc1ccc(C(=O)N/C(=C\c2cccs2)C(=O)N2CCCC2)cc1C. The summed E-state index contributed by atoms with van der Waals surface area (Å²) in [6.45, 7) is 5.49. The van der Waals surface area contributed by atoms with Crippen LogP contribution in [0.15, 0.2) is 41.4 Å². The van der Waals surface area contributed by atoms with Gasteiger partial charge < -0.3 is 10.2 Å². The van der Waals surface area contributed by atoms with Crippen molar-refractivity contribution in [1.29, 1.82) is 0 Å². The normalized spacial score (nSPS) is 14.6. The molecule has 0 spiro atoms. The Hall–Kier alpha value is -2.40. The largest absolute Gasteiger partial charge is 0.337 e. The third-order valence-corrected chi connectivity index (χ3v) is 5.29. The minimum Gasteiger partial charge on any atom is -0.337 e. The highest BCUT2D eigenvalue weighted by Gasteiger charge is 2.23. The van der Waals surface area contributed by atoms with E-state index in [1.807, 2.05) is 43.5 Å². The molecule has 0 saturated carbocycles. The van der Waals surface area contributed by atoms with Crippen molar-refractivity contribution in [2.45, 2.75) is 26.7 Å². The molecular weight excluding hydrogens is 332 g/mol. The Bertz CT molecular complexity index is 803. The Balaban J connectivity index is 1.85. The van der Waals surface area contributed by atoms with E-state index in [2.05, 4.69) is 5.32 Å². The van der Waals surface area contributed by atoms with Gasteiger partial charge in [0, 0.05) is 23.5 Å². The van der Waals surface area contributed by atoms with Crippen molar-refractivity contribution >= 4 is 29.2 Å². The zero-order valence-electron chi connectivity index (χ0n) is 14.5. The van der Waals surface area contributed by atoms with Gasteiger partial charge >= 0.3 is 0 Å². The number of rotatable bonds is 4. The van der Waals surface area contributed by atoms with Gasteiger partial charge in [-0.15, -0.1) is 11.3 Å². The van der Waals surface area contributed by atoms with Crippen LogP contribution in [-0.2, 0) is 4.79 Å². The number of benzene rings is 1. The Morgan fingerprint density at radius 1 is 1.12 bits per heavy atom. The number of carbonyl (C=O) groups excluding carboxylic acids is 2. The molecule has 130 valence electrons. The standard InChI is InChI=1S/C20H22N2O2S/c1-14-7-8-16(12-15(14)2)19(23)21-18(13-17-6-5-11-25-17)20(24)22-9-3-4-10-22/h5-8,11-13H,3-4,9-10H2,1-2H3,(H,21,23)/b18-13-. The van der Waals surface area contributed by atoms with Crippen LogP contribution in [0, 0.1) is 13.8 Å². The van der Waals surface area contributed by atoms with Crippen LogP contribution in [0.1, 0.15) is 39.2 Å². The van der Waals surface area contributed by atoms with E-state index in [0.717, 1.165) is 41.9 Å². The summed E-state index contributed by atoms with van der Waals surface area (Å²) in [4.78, 5) is 28.2. The van der Waals surface area contributed by atoms with E-state index in [9.17, 15) is 9.59 Å². The smallest absolute Gasteiger partial charge is 0.270 e. The van der Waals surface area contributed by atoms with Crippen LogP contribution in [0.25, 0.3) is 6.08 Å². The first-order valence-electron chi connectivity index (χ1n) is 8.47. The van der Waals surface area contributed by atoms with Gasteiger partial charge in [-0.2, -0.15) is 0 Å². The third-order valence-electron chi connectivity index (χ3n) is 4.47. The molecule has 0 unspecified atom stereocenters. The summed E-state index contributed by atoms with van der Waals surface area (Å²) in [6.07, 6.45) is 3.80. The van der Waals surface area contributed by atoms with Crippen LogP contribution in [0.3, 0.4) is 0 Å². The van der Waals surface area contributed by atoms with E-state index in [4.69, 9.17) is 0 Å². The third kappa shape index (κ3) is 4.17. The van der Waals surface area contributed by atoms with Crippen molar-refractivity contribution in [1.82, 2.24) is 10.2 Å². The maximum absolute atomic E-state index is 12.8. The Morgan fingerprint density at radius 2 is 1.88 bits per heavy atom. The molecule has 1 saturated heterocycles. The van der Waals surface area contributed by atoms with Gasteiger partial charge in [-0.25, -0.2) is 0 Å². The Kier molecular flexibility index (Phi) is 5.34. The summed E-state index contributed by atoms with van der Waals surface area (Å²) in [5.74, 6) is -0.360. The summed E-state index contributed by atoms with van der Waals surface area (Å²) < 4.78 is 0. The van der Waals surface area contributed by atoms with Crippen molar-refractivity contribution in [3.8, 4) is 0 Å². The minimum absolute atomic E-state index is 0.108. The highest BCUT2D eigenvalue weighted by molar-refractivity contribution is 7.10. The predicted molar refractivity (Wildman–Crippen MR) is 101 cm³/mol. The fourth-order valence-electron chi connectivity index (χ4n) is 2.83. The van der Waals surface area contributed by atoms with Gasteiger partial charge in [0.15, 0.2) is 0 Å². The number of nitrogens with zero attached hydrogens (tertiary/aromatic N) is 1. The van der Waals surface area contributed by atoms with Crippen molar-refractivity contribution < 1.29 is 9.59 Å². The number of hydrogen-bond acceptors (Lipinski definition) is 3. The molecule has 25 heavy (non-hydrogen) atoms. The molecule has 1 aliphatic rings. The van der Waals surface area contributed by atoms with Gasteiger partial charge in [-0.1, -0.05) is 12.1 Å². The maximum atomic E-state index is 12.8. The van der Waals surface area contributed by atoms with Crippen molar-refractivity contribution in [2.24, 2.45) is 0 Å². The van der Waals surface area contributed by atoms with Crippen LogP contribution in [0.5, 0.6) is 0 Å². The van der Waals surface area contributed by atoms with Gasteiger partial charge in [0.25, 0.3) is 11.8 Å². The van der Waals surface area contributed by atoms with Crippen molar-refractivity contribution in [3.63, 3.8) is 0 Å². The second-order valence-electron chi connectivity index (χ2n) is 6.33. The number of carbonyl (C=O) groups is 2. The summed E-state index contributed by atoms with van der Waals surface area (Å²) >= 11 is 1.54. The van der Waals surface area contributed by atoms with Crippen molar-refractivity contribution in [2.75, 3.05) is 13.1 Å². The molecule has 0 radical (unpaired) electrons. The van der Waals surface area contributed by atoms with Crippen molar-refractivity contribution in [3.05, 3.63) is 63.0 Å². The highest BCUT2D eigenvalue weighted by atomic mass is 32.1. The number of likely N-dealkylation sites (tertiary alicyclic amines) is 1. The lowest BCUT2D eigenvalue weighted by molar-refractivity contribution is -0.126. The lowest BCUT2D eigenvalue weighted by Crippen LogP contribution is -2.36. The molecule has 1 N–H and O–H groups in total. The Labute approximate surface area is 152 Å². The lowest BCUT2D eigenvalue weighted by Gasteiger charge is -2.18. The fourth-order valence-corrected chi connectivity index (χ4v) is 3.49. The fraction of sp³-hybridized carbons (Fsp3) is 0.300. The van der Waals surface area contributed by atoms with Crippen LogP contribution in [0.4, 0.5) is 0 Å². The number of amides is 2. The molecule has 1 fully saturated rings. The maximum Gasteiger partial charge on any atom is 0.270 e. The first-order valence-corrected chi connectivity index (χ1v) is 9.35. The van der Waals surface area contributed by atoms with E-state index < -0.39 is 0 Å². The van der Waals surface area contributed by atoms with Gasteiger partial charge in [-0.3, -0.25) is 9.59 Å². The zero-order chi connectivity index (χ0) is 17.8. The summed E-state index contributed by atoms with van der Waals surface area (Å²) in [5, 5.41) is 4.79. The molecule has 2 heterocycles. The molecule has 1 aromatic carbocycles. The van der Waals surface area contributed by atoms with Crippen LogP contribution in [-0.4, -0.2) is 29.8 Å². The quantitative estimate of drug-likeness (QED) is 0.850. The van der Waals surface area contributed by atoms with E-state index in [1.54, 1.807) is 28.4 Å². The second-order valence-corrected chi connectivity index (χ2v) is 7.31. The number of hydrogen-bond donors (Lipinski definition) is 1. The number of thiophene rings is 1. The first kappa shape index (κ1) is 17.4. The lowest BCUT2D eigenvalue weighted by atomic mass is 10.1. The molecule has 2 aromatic rings. The average molecular weight is 354 g/mol. The van der Waals surface area contributed by atoms with Crippen LogP contribution in [0.2, 0.25) is 0 Å². The zero-order valence-corrected chi connectivity index (χ0v) is 15.4. The number of nitrogens with one attached hydrogen (secondary N) is 1. The van der Waals surface area contributed by atoms with E-state index >= 15 is 0 Å². The average Bonchev–Trinajstić information content (AvgIpc) is 3.29. The topological polar surface area (TPSA) is 49.4 Å².